The number of phenolic OH excluding ortho intramolecular Hbond substituents is 3. The molecule has 0 bridgehead atoms. The second-order valence-corrected chi connectivity index (χ2v) is 6.33. The van der Waals surface area contributed by atoms with Crippen LogP contribution in [0.3, 0.4) is 0 Å². The average molecular weight is 353 g/mol. The number of hydrogen-bond acceptors (Lipinski definition) is 6. The minimum absolute atomic E-state index is 0.0380. The van der Waals surface area contributed by atoms with Crippen molar-refractivity contribution in [1.82, 2.24) is 15.0 Å². The third kappa shape index (κ3) is 3.23. The summed E-state index contributed by atoms with van der Waals surface area (Å²) in [6, 6.07) is 11.0. The van der Waals surface area contributed by atoms with Crippen LogP contribution in [0.25, 0.3) is 0 Å². The van der Waals surface area contributed by atoms with E-state index >= 15 is 0 Å². The molecule has 0 saturated heterocycles. The van der Waals surface area contributed by atoms with Crippen molar-refractivity contribution in [2.75, 3.05) is 0 Å². The van der Waals surface area contributed by atoms with Crippen molar-refractivity contribution in [3.63, 3.8) is 0 Å². The van der Waals surface area contributed by atoms with Gasteiger partial charge in [-0.2, -0.15) is 0 Å². The fourth-order valence-electron chi connectivity index (χ4n) is 2.67. The van der Waals surface area contributed by atoms with Crippen molar-refractivity contribution in [2.24, 2.45) is 0 Å². The van der Waals surface area contributed by atoms with Crippen LogP contribution in [0.2, 0.25) is 0 Å². The van der Waals surface area contributed by atoms with Gasteiger partial charge < -0.3 is 15.3 Å². The molecule has 0 unspecified atom stereocenters. The molecule has 3 N–H and O–H groups in total. The fourth-order valence-corrected chi connectivity index (χ4v) is 2.67. The quantitative estimate of drug-likeness (QED) is 0.481. The van der Waals surface area contributed by atoms with Gasteiger partial charge in [-0.15, -0.1) is 5.10 Å². The number of ketones is 1. The van der Waals surface area contributed by atoms with Crippen LogP contribution in [0.5, 0.6) is 17.2 Å². The van der Waals surface area contributed by atoms with E-state index in [2.05, 4.69) is 10.3 Å². The summed E-state index contributed by atoms with van der Waals surface area (Å²) < 4.78 is 1.52. The summed E-state index contributed by atoms with van der Waals surface area (Å²) in [6.07, 6.45) is 1.48. The summed E-state index contributed by atoms with van der Waals surface area (Å²) in [7, 11) is 0. The smallest absolute Gasteiger partial charge is 0.218 e. The standard InChI is InChI=1S/C19H19N3O4/c1-11(2)13-8-14(18(25)19(26)17(13)24)16(23)15-10-22(21-20-15)9-12-6-4-3-5-7-12/h3-8,10-11,24-26H,9H2,1-2H3. The summed E-state index contributed by atoms with van der Waals surface area (Å²) in [5.41, 5.74) is 1.27. The average Bonchev–Trinajstić information content (AvgIpc) is 3.08. The van der Waals surface area contributed by atoms with Crippen molar-refractivity contribution in [2.45, 2.75) is 26.3 Å². The Bertz CT molecular complexity index is 949. The van der Waals surface area contributed by atoms with Crippen LogP contribution in [-0.4, -0.2) is 36.1 Å². The summed E-state index contributed by atoms with van der Waals surface area (Å²) in [5, 5.41) is 37.7. The van der Waals surface area contributed by atoms with Gasteiger partial charge in [-0.05, 0) is 17.5 Å². The minimum Gasteiger partial charge on any atom is -0.504 e. The zero-order valence-corrected chi connectivity index (χ0v) is 14.4. The molecule has 1 aromatic heterocycles. The highest BCUT2D eigenvalue weighted by Gasteiger charge is 2.24. The van der Waals surface area contributed by atoms with Crippen molar-refractivity contribution in [3.8, 4) is 17.2 Å². The Hall–Kier alpha value is -3.35. The van der Waals surface area contributed by atoms with E-state index in [-0.39, 0.29) is 17.2 Å². The van der Waals surface area contributed by atoms with Crippen LogP contribution in [0.1, 0.15) is 46.9 Å². The number of benzene rings is 2. The lowest BCUT2D eigenvalue weighted by Gasteiger charge is -2.13. The number of carbonyl (C=O) groups is 1. The highest BCUT2D eigenvalue weighted by Crippen LogP contribution is 2.43. The third-order valence-corrected chi connectivity index (χ3v) is 4.10. The van der Waals surface area contributed by atoms with E-state index in [9.17, 15) is 20.1 Å². The topological polar surface area (TPSA) is 108 Å². The van der Waals surface area contributed by atoms with Gasteiger partial charge in [0.25, 0.3) is 0 Å². The Morgan fingerprint density at radius 1 is 1.08 bits per heavy atom. The first-order valence-corrected chi connectivity index (χ1v) is 8.15. The van der Waals surface area contributed by atoms with Gasteiger partial charge >= 0.3 is 0 Å². The van der Waals surface area contributed by atoms with Crippen LogP contribution in [0, 0.1) is 0 Å². The molecule has 134 valence electrons. The first-order chi connectivity index (χ1) is 12.4. The van der Waals surface area contributed by atoms with Crippen molar-refractivity contribution < 1.29 is 20.1 Å². The molecule has 26 heavy (non-hydrogen) atoms. The zero-order chi connectivity index (χ0) is 18.8. The first-order valence-electron chi connectivity index (χ1n) is 8.15. The molecule has 7 nitrogen and oxygen atoms in total. The Morgan fingerprint density at radius 2 is 1.77 bits per heavy atom. The second-order valence-electron chi connectivity index (χ2n) is 6.33. The summed E-state index contributed by atoms with van der Waals surface area (Å²) >= 11 is 0. The molecule has 3 rings (SSSR count). The fraction of sp³-hybridized carbons (Fsp3) is 0.211. The Kier molecular flexibility index (Phi) is 4.62. The highest BCUT2D eigenvalue weighted by atomic mass is 16.3. The molecular weight excluding hydrogens is 334 g/mol. The number of aromatic hydroxyl groups is 3. The summed E-state index contributed by atoms with van der Waals surface area (Å²) in [6.45, 7) is 4.05. The molecular formula is C19H19N3O4. The summed E-state index contributed by atoms with van der Waals surface area (Å²) in [5.74, 6) is -2.55. The van der Waals surface area contributed by atoms with E-state index in [1.165, 1.54) is 16.9 Å². The van der Waals surface area contributed by atoms with Gasteiger partial charge in [0, 0.05) is 5.56 Å². The molecule has 0 aliphatic heterocycles. The molecule has 0 atom stereocenters. The third-order valence-electron chi connectivity index (χ3n) is 4.10. The molecule has 0 aliphatic carbocycles. The molecule has 2 aromatic carbocycles. The van der Waals surface area contributed by atoms with Crippen LogP contribution < -0.4 is 0 Å². The molecule has 3 aromatic rings. The van der Waals surface area contributed by atoms with Gasteiger partial charge in [-0.3, -0.25) is 4.79 Å². The minimum atomic E-state index is -0.712. The maximum Gasteiger partial charge on any atom is 0.218 e. The van der Waals surface area contributed by atoms with Gasteiger partial charge in [0.15, 0.2) is 17.2 Å². The second kappa shape index (κ2) is 6.87. The number of hydrogen-bond donors (Lipinski definition) is 3. The van der Waals surface area contributed by atoms with E-state index in [0.717, 1.165) is 5.56 Å². The van der Waals surface area contributed by atoms with E-state index < -0.39 is 23.0 Å². The maximum absolute atomic E-state index is 12.7. The molecule has 0 radical (unpaired) electrons. The van der Waals surface area contributed by atoms with Gasteiger partial charge in [0.2, 0.25) is 11.5 Å². The van der Waals surface area contributed by atoms with Crippen LogP contribution >= 0.6 is 0 Å². The molecule has 1 heterocycles. The number of aromatic nitrogens is 3. The Labute approximate surface area is 150 Å². The molecule has 7 heteroatoms. The van der Waals surface area contributed by atoms with Crippen molar-refractivity contribution in [1.29, 1.82) is 0 Å². The predicted octanol–water partition coefficient (Wildman–Crippen LogP) is 2.80. The van der Waals surface area contributed by atoms with Crippen molar-refractivity contribution in [3.05, 3.63) is 65.0 Å². The number of rotatable bonds is 5. The van der Waals surface area contributed by atoms with Gasteiger partial charge in [-0.25, -0.2) is 4.68 Å². The largest absolute Gasteiger partial charge is 0.504 e. The van der Waals surface area contributed by atoms with Gasteiger partial charge in [-0.1, -0.05) is 49.4 Å². The van der Waals surface area contributed by atoms with E-state index in [4.69, 9.17) is 0 Å². The van der Waals surface area contributed by atoms with Crippen LogP contribution in [0.4, 0.5) is 0 Å². The molecule has 0 aliphatic rings. The van der Waals surface area contributed by atoms with E-state index in [0.29, 0.717) is 12.1 Å². The lowest BCUT2D eigenvalue weighted by molar-refractivity contribution is 0.103. The highest BCUT2D eigenvalue weighted by molar-refractivity contribution is 6.10. The molecule has 0 spiro atoms. The predicted molar refractivity (Wildman–Crippen MR) is 94.5 cm³/mol. The van der Waals surface area contributed by atoms with Crippen LogP contribution in [0.15, 0.2) is 42.6 Å². The molecule has 0 amide bonds. The Morgan fingerprint density at radius 3 is 2.42 bits per heavy atom. The lowest BCUT2D eigenvalue weighted by Crippen LogP contribution is -2.05. The lowest BCUT2D eigenvalue weighted by atomic mass is 9.96. The summed E-state index contributed by atoms with van der Waals surface area (Å²) in [4.78, 5) is 12.7. The maximum atomic E-state index is 12.7. The van der Waals surface area contributed by atoms with Gasteiger partial charge in [0.1, 0.15) is 0 Å². The van der Waals surface area contributed by atoms with E-state index in [1.54, 1.807) is 13.8 Å². The SMILES string of the molecule is CC(C)c1cc(C(=O)c2cn(Cc3ccccc3)nn2)c(O)c(O)c1O. The number of phenols is 3. The van der Waals surface area contributed by atoms with Crippen LogP contribution in [-0.2, 0) is 6.54 Å². The first kappa shape index (κ1) is 17.5. The van der Waals surface area contributed by atoms with Crippen molar-refractivity contribution >= 4 is 5.78 Å². The van der Waals surface area contributed by atoms with Gasteiger partial charge in [0.05, 0.1) is 18.3 Å². The molecule has 0 fully saturated rings. The normalized spacial score (nSPS) is 11.0. The number of carbonyl (C=O) groups excluding carboxylic acids is 1. The zero-order valence-electron chi connectivity index (χ0n) is 14.4. The molecule has 0 saturated carbocycles. The van der Waals surface area contributed by atoms with E-state index in [1.807, 2.05) is 30.3 Å². The Balaban J connectivity index is 1.93. The monoisotopic (exact) mass is 353 g/mol. The number of nitrogens with zero attached hydrogens (tertiary/aromatic N) is 3.